The fourth-order valence-corrected chi connectivity index (χ4v) is 3.39. The molecule has 0 fully saturated rings. The summed E-state index contributed by atoms with van der Waals surface area (Å²) in [7, 11) is -2.31. The highest BCUT2D eigenvalue weighted by molar-refractivity contribution is 7.90. The Kier molecular flexibility index (Phi) is 5.98. The van der Waals surface area contributed by atoms with Crippen LogP contribution in [0.1, 0.15) is 13.8 Å². The lowest BCUT2D eigenvalue weighted by atomic mass is 10.3. The van der Waals surface area contributed by atoms with E-state index in [9.17, 15) is 18.0 Å². The van der Waals surface area contributed by atoms with Crippen LogP contribution in [-0.2, 0) is 29.1 Å². The molecule has 10 heteroatoms. The molecule has 140 valence electrons. The number of nitrogens with zero attached hydrogens (tertiary/aromatic N) is 2. The molecule has 0 spiro atoms. The average Bonchev–Trinajstić information content (AvgIpc) is 2.60. The van der Waals surface area contributed by atoms with E-state index in [0.717, 1.165) is 6.20 Å². The van der Waals surface area contributed by atoms with Gasteiger partial charge in [0, 0.05) is 13.2 Å². The summed E-state index contributed by atoms with van der Waals surface area (Å²) in [6.07, 6.45) is 1.02. The first-order valence-corrected chi connectivity index (χ1v) is 9.24. The number of guanidine groups is 1. The maximum absolute atomic E-state index is 12.3. The molecule has 1 aliphatic rings. The molecule has 0 bridgehead atoms. The van der Waals surface area contributed by atoms with Crippen LogP contribution in [0.3, 0.4) is 0 Å². The van der Waals surface area contributed by atoms with Gasteiger partial charge < -0.3 is 19.7 Å². The van der Waals surface area contributed by atoms with Crippen molar-refractivity contribution in [2.45, 2.75) is 18.7 Å². The molecule has 0 aliphatic carbocycles. The van der Waals surface area contributed by atoms with Crippen molar-refractivity contribution < 1.29 is 27.5 Å². The number of anilines is 1. The van der Waals surface area contributed by atoms with Gasteiger partial charge in [0.1, 0.15) is 4.90 Å². The molecule has 0 aromatic heterocycles. The maximum Gasteiger partial charge on any atom is 0.347 e. The number of hydrogen-bond acceptors (Lipinski definition) is 8. The van der Waals surface area contributed by atoms with Gasteiger partial charge in [-0.25, -0.2) is 9.59 Å². The van der Waals surface area contributed by atoms with E-state index in [0.29, 0.717) is 5.69 Å². The van der Waals surface area contributed by atoms with E-state index in [4.69, 9.17) is 9.47 Å². The number of fused-ring (bicyclic) bond motifs is 1. The van der Waals surface area contributed by atoms with Gasteiger partial charge in [0.25, 0.3) is 10.0 Å². The summed E-state index contributed by atoms with van der Waals surface area (Å²) < 4.78 is 37.9. The van der Waals surface area contributed by atoms with E-state index in [-0.39, 0.29) is 24.1 Å². The Hall–Kier alpha value is -2.88. The van der Waals surface area contributed by atoms with Crippen LogP contribution >= 0.6 is 0 Å². The highest BCUT2D eigenvalue weighted by Gasteiger charge is 2.29. The molecule has 2 rings (SSSR count). The highest BCUT2D eigenvalue weighted by atomic mass is 32.2. The molecule has 1 N–H and O–H groups in total. The summed E-state index contributed by atoms with van der Waals surface area (Å²) in [5.41, 5.74) is 0.00766. The van der Waals surface area contributed by atoms with Gasteiger partial charge in [-0.2, -0.15) is 8.42 Å². The van der Waals surface area contributed by atoms with Gasteiger partial charge in [0.05, 0.1) is 18.9 Å². The average molecular weight is 381 g/mol. The monoisotopic (exact) mass is 381 g/mol. The van der Waals surface area contributed by atoms with Crippen molar-refractivity contribution in [2.75, 3.05) is 25.2 Å². The maximum atomic E-state index is 12.3. The van der Waals surface area contributed by atoms with Crippen molar-refractivity contribution in [1.82, 2.24) is 5.32 Å². The number of esters is 2. The van der Waals surface area contributed by atoms with E-state index in [1.54, 1.807) is 39.1 Å². The quantitative estimate of drug-likeness (QED) is 0.344. The molecule has 0 atom stereocenters. The second kappa shape index (κ2) is 8.00. The Balaban J connectivity index is 2.36. The zero-order valence-corrected chi connectivity index (χ0v) is 15.4. The van der Waals surface area contributed by atoms with Crippen LogP contribution in [-0.4, -0.2) is 46.6 Å². The molecule has 1 aromatic rings. The summed E-state index contributed by atoms with van der Waals surface area (Å²) >= 11 is 0. The Morgan fingerprint density at radius 2 is 1.73 bits per heavy atom. The molecule has 26 heavy (non-hydrogen) atoms. The number of carbonyl (C=O) groups excluding carboxylic acids is 2. The van der Waals surface area contributed by atoms with Crippen molar-refractivity contribution >= 4 is 33.6 Å². The molecule has 1 aromatic carbocycles. The predicted molar refractivity (Wildman–Crippen MR) is 94.0 cm³/mol. The van der Waals surface area contributed by atoms with Gasteiger partial charge >= 0.3 is 11.9 Å². The SMILES string of the molecule is CCOC(=O)C(=CNC1=NS(=O)(=O)c2ccccc2N1C)C(=O)OCC. The zero-order chi connectivity index (χ0) is 19.3. The Labute approximate surface area is 151 Å². The number of nitrogens with one attached hydrogen (secondary N) is 1. The number of carbonyl (C=O) groups is 2. The smallest absolute Gasteiger partial charge is 0.347 e. The third kappa shape index (κ3) is 4.02. The van der Waals surface area contributed by atoms with Crippen LogP contribution < -0.4 is 10.2 Å². The first kappa shape index (κ1) is 19.4. The van der Waals surface area contributed by atoms with Gasteiger partial charge in [0.15, 0.2) is 5.57 Å². The second-order valence-electron chi connectivity index (χ2n) is 5.06. The lowest BCUT2D eigenvalue weighted by Gasteiger charge is -2.26. The standard InChI is InChI=1S/C16H19N3O6S/c1-4-24-14(20)11(15(21)25-5-2)10-17-16-18-26(22,23)13-9-7-6-8-12(13)19(16)3/h6-10H,4-5H2,1-3H3,(H,17,18). The van der Waals surface area contributed by atoms with E-state index in [2.05, 4.69) is 9.71 Å². The molecule has 0 radical (unpaired) electrons. The molecular weight excluding hydrogens is 362 g/mol. The summed E-state index contributed by atoms with van der Waals surface area (Å²) in [4.78, 5) is 25.4. The highest BCUT2D eigenvalue weighted by Crippen LogP contribution is 2.29. The van der Waals surface area contributed by atoms with E-state index >= 15 is 0 Å². The summed E-state index contributed by atoms with van der Waals surface area (Å²) in [5.74, 6) is -1.85. The Morgan fingerprint density at radius 1 is 1.15 bits per heavy atom. The number of para-hydroxylation sites is 1. The predicted octanol–water partition coefficient (Wildman–Crippen LogP) is 0.781. The second-order valence-corrected chi connectivity index (χ2v) is 6.63. The number of benzene rings is 1. The lowest BCUT2D eigenvalue weighted by Crippen LogP contribution is -2.40. The molecule has 0 saturated heterocycles. The number of sulfonamides is 1. The van der Waals surface area contributed by atoms with Crippen LogP contribution in [0, 0.1) is 0 Å². The molecule has 0 amide bonds. The number of rotatable bonds is 5. The van der Waals surface area contributed by atoms with Gasteiger partial charge in [-0.15, -0.1) is 4.40 Å². The third-order valence-corrected chi connectivity index (χ3v) is 4.68. The third-order valence-electron chi connectivity index (χ3n) is 3.37. The first-order valence-electron chi connectivity index (χ1n) is 7.80. The fraction of sp³-hybridized carbons (Fsp3) is 0.312. The van der Waals surface area contributed by atoms with Gasteiger partial charge in [0.2, 0.25) is 5.96 Å². The molecule has 0 saturated carbocycles. The van der Waals surface area contributed by atoms with Crippen LogP contribution in [0.5, 0.6) is 0 Å². The van der Waals surface area contributed by atoms with Crippen molar-refractivity contribution in [3.05, 3.63) is 36.0 Å². The lowest BCUT2D eigenvalue weighted by molar-refractivity contribution is -0.146. The molecule has 1 aliphatic heterocycles. The zero-order valence-electron chi connectivity index (χ0n) is 14.6. The van der Waals surface area contributed by atoms with Crippen molar-refractivity contribution in [3.63, 3.8) is 0 Å². The van der Waals surface area contributed by atoms with Crippen molar-refractivity contribution in [2.24, 2.45) is 4.40 Å². The Bertz CT molecular complexity index is 856. The molecular formula is C16H19N3O6S. The van der Waals surface area contributed by atoms with E-state index < -0.39 is 27.5 Å². The molecule has 9 nitrogen and oxygen atoms in total. The normalized spacial score (nSPS) is 14.6. The number of ether oxygens (including phenoxy) is 2. The minimum Gasteiger partial charge on any atom is -0.462 e. The minimum absolute atomic E-state index is 0.0630. The fourth-order valence-electron chi connectivity index (χ4n) is 2.17. The summed E-state index contributed by atoms with van der Waals surface area (Å²) in [6.45, 7) is 3.32. The van der Waals surface area contributed by atoms with Crippen molar-refractivity contribution in [1.29, 1.82) is 0 Å². The van der Waals surface area contributed by atoms with Crippen LogP contribution in [0.2, 0.25) is 0 Å². The molecule has 0 unspecified atom stereocenters. The topological polar surface area (TPSA) is 114 Å². The van der Waals surface area contributed by atoms with Crippen LogP contribution in [0.4, 0.5) is 5.69 Å². The number of hydrogen-bond donors (Lipinski definition) is 1. The minimum atomic E-state index is -3.91. The largest absolute Gasteiger partial charge is 0.462 e. The van der Waals surface area contributed by atoms with Gasteiger partial charge in [-0.05, 0) is 26.0 Å². The summed E-state index contributed by atoms with van der Waals surface area (Å²) in [6, 6.07) is 6.34. The van der Waals surface area contributed by atoms with Gasteiger partial charge in [-0.3, -0.25) is 0 Å². The molecule has 1 heterocycles. The summed E-state index contributed by atoms with van der Waals surface area (Å²) in [5, 5.41) is 2.58. The van der Waals surface area contributed by atoms with E-state index in [1.807, 2.05) is 0 Å². The van der Waals surface area contributed by atoms with Crippen LogP contribution in [0.15, 0.2) is 45.3 Å². The van der Waals surface area contributed by atoms with Crippen LogP contribution in [0.25, 0.3) is 0 Å². The van der Waals surface area contributed by atoms with E-state index in [1.165, 1.54) is 11.0 Å². The van der Waals surface area contributed by atoms with Gasteiger partial charge in [-0.1, -0.05) is 12.1 Å². The first-order chi connectivity index (χ1) is 12.3. The Morgan fingerprint density at radius 3 is 2.31 bits per heavy atom. The van der Waals surface area contributed by atoms with Crippen molar-refractivity contribution in [3.8, 4) is 0 Å².